The summed E-state index contributed by atoms with van der Waals surface area (Å²) in [5.41, 5.74) is 2.56. The monoisotopic (exact) mass is 343 g/mol. The zero-order chi connectivity index (χ0) is 18.0. The van der Waals surface area contributed by atoms with Gasteiger partial charge in [-0.05, 0) is 26.0 Å². The van der Waals surface area contributed by atoms with E-state index in [2.05, 4.69) is 10.00 Å². The first kappa shape index (κ1) is 17.1. The van der Waals surface area contributed by atoms with Crippen LogP contribution < -0.4 is 4.90 Å². The predicted octanol–water partition coefficient (Wildman–Crippen LogP) is 1.93. The highest BCUT2D eigenvalue weighted by Gasteiger charge is 2.28. The maximum atomic E-state index is 11.7. The Bertz CT molecular complexity index is 780. The van der Waals surface area contributed by atoms with E-state index in [9.17, 15) is 14.9 Å². The summed E-state index contributed by atoms with van der Waals surface area (Å²) in [7, 11) is 0. The Kier molecular flexibility index (Phi) is 4.80. The quantitative estimate of drug-likeness (QED) is 0.468. The van der Waals surface area contributed by atoms with Gasteiger partial charge in [0.25, 0.3) is 5.69 Å². The van der Waals surface area contributed by atoms with Crippen LogP contribution in [0.3, 0.4) is 0 Å². The molecule has 0 bridgehead atoms. The number of carbonyl (C=O) groups excluding carboxylic acids is 1. The van der Waals surface area contributed by atoms with Crippen LogP contribution in [0.5, 0.6) is 0 Å². The van der Waals surface area contributed by atoms with E-state index in [4.69, 9.17) is 0 Å². The van der Waals surface area contributed by atoms with Crippen LogP contribution in [-0.4, -0.2) is 52.1 Å². The summed E-state index contributed by atoms with van der Waals surface area (Å²) in [4.78, 5) is 26.6. The van der Waals surface area contributed by atoms with Crippen molar-refractivity contribution in [1.29, 1.82) is 0 Å². The molecule has 0 radical (unpaired) electrons. The largest absolute Gasteiger partial charge is 0.363 e. The fraction of sp³-hybridized carbons (Fsp3) is 0.412. The first-order valence-corrected chi connectivity index (χ1v) is 8.21. The van der Waals surface area contributed by atoms with Crippen LogP contribution in [0.25, 0.3) is 0 Å². The second-order valence-electron chi connectivity index (χ2n) is 6.19. The number of benzene rings is 1. The van der Waals surface area contributed by atoms with Crippen LogP contribution in [0.2, 0.25) is 0 Å². The minimum absolute atomic E-state index is 0.112. The minimum atomic E-state index is -0.443. The number of carbonyl (C=O) groups is 1. The third kappa shape index (κ3) is 3.39. The second-order valence-corrected chi connectivity index (χ2v) is 6.19. The third-order valence-electron chi connectivity index (χ3n) is 4.52. The molecule has 1 aliphatic heterocycles. The number of aromatic nitrogens is 2. The summed E-state index contributed by atoms with van der Waals surface area (Å²) >= 11 is 0. The van der Waals surface area contributed by atoms with Crippen LogP contribution in [0, 0.1) is 24.0 Å². The number of aldehydes is 1. The maximum Gasteiger partial charge on any atom is 0.292 e. The number of piperazine rings is 1. The molecular formula is C17H21N5O3. The molecule has 8 heteroatoms. The van der Waals surface area contributed by atoms with Gasteiger partial charge in [-0.3, -0.25) is 19.8 Å². The number of rotatable bonds is 5. The van der Waals surface area contributed by atoms with E-state index in [0.717, 1.165) is 17.7 Å². The van der Waals surface area contributed by atoms with Crippen LogP contribution in [0.1, 0.15) is 17.6 Å². The Morgan fingerprint density at radius 2 is 1.88 bits per heavy atom. The lowest BCUT2D eigenvalue weighted by molar-refractivity contribution is -0.384. The van der Waals surface area contributed by atoms with Crippen molar-refractivity contribution in [3.05, 3.63) is 51.8 Å². The zero-order valence-electron chi connectivity index (χ0n) is 14.3. The van der Waals surface area contributed by atoms with Crippen molar-refractivity contribution in [2.24, 2.45) is 0 Å². The van der Waals surface area contributed by atoms with Crippen LogP contribution >= 0.6 is 0 Å². The molecule has 0 aliphatic carbocycles. The number of nitro benzene ring substituents is 1. The Hall–Kier alpha value is -2.74. The first-order chi connectivity index (χ1) is 12.0. The smallest absolute Gasteiger partial charge is 0.292 e. The average Bonchev–Trinajstić information content (AvgIpc) is 2.94. The molecule has 0 saturated carbocycles. The maximum absolute atomic E-state index is 11.7. The van der Waals surface area contributed by atoms with Crippen molar-refractivity contribution in [1.82, 2.24) is 14.7 Å². The molecular weight excluding hydrogens is 322 g/mol. The molecule has 2 heterocycles. The molecule has 25 heavy (non-hydrogen) atoms. The third-order valence-corrected chi connectivity index (χ3v) is 4.52. The van der Waals surface area contributed by atoms with Crippen molar-refractivity contribution >= 4 is 17.7 Å². The van der Waals surface area contributed by atoms with Gasteiger partial charge in [0.1, 0.15) is 5.69 Å². The number of hydrogen-bond donors (Lipinski definition) is 0. The summed E-state index contributed by atoms with van der Waals surface area (Å²) in [6.45, 7) is 6.34. The number of anilines is 1. The number of nitrogens with zero attached hydrogens (tertiary/aromatic N) is 5. The predicted molar refractivity (Wildman–Crippen MR) is 93.7 cm³/mol. The van der Waals surface area contributed by atoms with E-state index in [1.165, 1.54) is 6.07 Å². The fourth-order valence-electron chi connectivity index (χ4n) is 3.33. The van der Waals surface area contributed by atoms with Gasteiger partial charge in [-0.2, -0.15) is 5.10 Å². The summed E-state index contributed by atoms with van der Waals surface area (Å²) in [6, 6.07) is 8.71. The van der Waals surface area contributed by atoms with E-state index < -0.39 is 6.17 Å². The van der Waals surface area contributed by atoms with Crippen molar-refractivity contribution < 1.29 is 9.72 Å². The van der Waals surface area contributed by atoms with E-state index in [1.807, 2.05) is 24.8 Å². The van der Waals surface area contributed by atoms with Gasteiger partial charge in [-0.15, -0.1) is 0 Å². The molecule has 0 spiro atoms. The molecule has 132 valence electrons. The lowest BCUT2D eigenvalue weighted by Crippen LogP contribution is -2.49. The molecule has 2 aromatic rings. The molecule has 1 aromatic heterocycles. The molecule has 0 N–H and O–H groups in total. The van der Waals surface area contributed by atoms with Gasteiger partial charge in [0.05, 0.1) is 10.6 Å². The molecule has 0 amide bonds. The number of hydrogen-bond acceptors (Lipinski definition) is 6. The lowest BCUT2D eigenvalue weighted by Gasteiger charge is -2.38. The molecule has 1 atom stereocenters. The van der Waals surface area contributed by atoms with Crippen molar-refractivity contribution in [3.8, 4) is 0 Å². The Morgan fingerprint density at radius 3 is 2.44 bits per heavy atom. The Morgan fingerprint density at radius 1 is 1.20 bits per heavy atom. The molecule has 3 rings (SSSR count). The molecule has 8 nitrogen and oxygen atoms in total. The second kappa shape index (κ2) is 7.02. The van der Waals surface area contributed by atoms with E-state index in [-0.39, 0.29) is 10.6 Å². The SMILES string of the molecule is Cc1cc(C)n(C(C=O)N2CCN(c3ccccc3[N+](=O)[O-])CC2)n1. The number of para-hydroxylation sites is 2. The highest BCUT2D eigenvalue weighted by molar-refractivity contribution is 5.63. The standard InChI is InChI=1S/C17H21N5O3/c1-13-11-14(2)21(18-13)17(12-23)20-9-7-19(8-10-20)15-5-3-4-6-16(15)22(24)25/h3-6,11-12,17H,7-10H2,1-2H3. The highest BCUT2D eigenvalue weighted by atomic mass is 16.6. The minimum Gasteiger partial charge on any atom is -0.363 e. The highest BCUT2D eigenvalue weighted by Crippen LogP contribution is 2.29. The van der Waals surface area contributed by atoms with E-state index in [1.54, 1.807) is 22.9 Å². The van der Waals surface area contributed by atoms with E-state index in [0.29, 0.717) is 31.9 Å². The van der Waals surface area contributed by atoms with Gasteiger partial charge in [-0.1, -0.05) is 12.1 Å². The number of nitro groups is 1. The van der Waals surface area contributed by atoms with Gasteiger partial charge < -0.3 is 4.90 Å². The fourth-order valence-corrected chi connectivity index (χ4v) is 3.33. The molecule has 1 saturated heterocycles. The normalized spacial score (nSPS) is 16.6. The summed E-state index contributed by atoms with van der Waals surface area (Å²) in [5, 5.41) is 15.6. The van der Waals surface area contributed by atoms with Gasteiger partial charge >= 0.3 is 0 Å². The van der Waals surface area contributed by atoms with Gasteiger partial charge in [-0.25, -0.2) is 4.68 Å². The zero-order valence-corrected chi connectivity index (χ0v) is 14.3. The number of aryl methyl sites for hydroxylation is 2. The van der Waals surface area contributed by atoms with Crippen LogP contribution in [-0.2, 0) is 4.79 Å². The Balaban J connectivity index is 1.74. The summed E-state index contributed by atoms with van der Waals surface area (Å²) < 4.78 is 1.74. The van der Waals surface area contributed by atoms with Crippen molar-refractivity contribution in [3.63, 3.8) is 0 Å². The molecule has 1 aromatic carbocycles. The topological polar surface area (TPSA) is 84.5 Å². The lowest BCUT2D eigenvalue weighted by atomic mass is 10.2. The Labute approximate surface area is 145 Å². The summed E-state index contributed by atoms with van der Waals surface area (Å²) in [6.07, 6.45) is 0.460. The van der Waals surface area contributed by atoms with Gasteiger partial charge in [0.2, 0.25) is 0 Å². The van der Waals surface area contributed by atoms with Crippen LogP contribution in [0.4, 0.5) is 11.4 Å². The average molecular weight is 343 g/mol. The van der Waals surface area contributed by atoms with Crippen molar-refractivity contribution in [2.75, 3.05) is 31.1 Å². The first-order valence-electron chi connectivity index (χ1n) is 8.21. The molecule has 1 fully saturated rings. The van der Waals surface area contributed by atoms with E-state index >= 15 is 0 Å². The molecule has 1 unspecified atom stereocenters. The van der Waals surface area contributed by atoms with Crippen LogP contribution in [0.15, 0.2) is 30.3 Å². The van der Waals surface area contributed by atoms with Gasteiger partial charge in [0, 0.05) is 37.9 Å². The van der Waals surface area contributed by atoms with Gasteiger partial charge in [0.15, 0.2) is 12.5 Å². The summed E-state index contributed by atoms with van der Waals surface area (Å²) in [5.74, 6) is 0. The molecule has 1 aliphatic rings. The van der Waals surface area contributed by atoms with Crippen molar-refractivity contribution in [2.45, 2.75) is 20.0 Å².